The van der Waals surface area contributed by atoms with E-state index in [9.17, 15) is 9.90 Å². The second kappa shape index (κ2) is 7.35. The standard InChI is InChI=1S/C16H10O3.ClHO4/c17-13-7-3-2-6-12(16(13)18)15-10-9-11-5-1-4-8-14(11)19-15;2-1(3,4)5/h1-10H;(H,2,3,4,5). The molecule has 2 aromatic carbocycles. The summed E-state index contributed by atoms with van der Waals surface area (Å²) < 4.78 is 39.7. The Morgan fingerprint density at radius 2 is 1.42 bits per heavy atom. The minimum Gasteiger partial charge on any atom is -0.503 e. The van der Waals surface area contributed by atoms with Crippen molar-refractivity contribution < 1.29 is 38.4 Å². The monoisotopic (exact) mass is 350 g/mol. The highest BCUT2D eigenvalue weighted by molar-refractivity contribution is 5.79. The molecule has 0 saturated heterocycles. The van der Waals surface area contributed by atoms with Crippen molar-refractivity contribution in [2.45, 2.75) is 0 Å². The van der Waals surface area contributed by atoms with Crippen LogP contribution < -0.4 is 24.1 Å². The average Bonchev–Trinajstić information content (AvgIpc) is 2.67. The maximum atomic E-state index is 11.6. The summed E-state index contributed by atoms with van der Waals surface area (Å²) in [5.41, 5.74) is 0.669. The smallest absolute Gasteiger partial charge is 0.364 e. The molecule has 0 aliphatic carbocycles. The lowest BCUT2D eigenvalue weighted by molar-refractivity contribution is -2.00. The number of rotatable bonds is 1. The Morgan fingerprint density at radius 1 is 0.833 bits per heavy atom. The number of aromatic hydroxyl groups is 1. The predicted molar refractivity (Wildman–Crippen MR) is 74.0 cm³/mol. The van der Waals surface area contributed by atoms with Crippen LogP contribution in [0.2, 0.25) is 0 Å². The minimum atomic E-state index is -4.94. The first-order valence-electron chi connectivity index (χ1n) is 6.52. The summed E-state index contributed by atoms with van der Waals surface area (Å²) in [5, 5.41) is 10.9. The fourth-order valence-corrected chi connectivity index (χ4v) is 1.96. The molecule has 1 heterocycles. The molecule has 0 unspecified atom stereocenters. The predicted octanol–water partition coefficient (Wildman–Crippen LogP) is -1.31. The van der Waals surface area contributed by atoms with Crippen LogP contribution in [0.5, 0.6) is 5.75 Å². The van der Waals surface area contributed by atoms with Crippen LogP contribution in [0.15, 0.2) is 69.9 Å². The van der Waals surface area contributed by atoms with Gasteiger partial charge < -0.3 is 5.11 Å². The first-order chi connectivity index (χ1) is 11.3. The summed E-state index contributed by atoms with van der Waals surface area (Å²) in [5.74, 6) is 0.161. The van der Waals surface area contributed by atoms with Gasteiger partial charge in [-0.3, -0.25) is 4.79 Å². The van der Waals surface area contributed by atoms with E-state index in [2.05, 4.69) is 0 Å². The number of para-hydroxylation sites is 1. The zero-order chi connectivity index (χ0) is 17.7. The fraction of sp³-hybridized carbons (Fsp3) is 0. The van der Waals surface area contributed by atoms with Gasteiger partial charge in [-0.2, -0.15) is 0 Å². The van der Waals surface area contributed by atoms with Crippen molar-refractivity contribution in [2.75, 3.05) is 0 Å². The molecule has 8 heteroatoms. The van der Waals surface area contributed by atoms with Crippen molar-refractivity contribution >= 4 is 11.0 Å². The molecule has 0 saturated carbocycles. The van der Waals surface area contributed by atoms with E-state index in [1.54, 1.807) is 24.3 Å². The Labute approximate surface area is 138 Å². The maximum Gasteiger partial charge on any atom is 0.364 e. The van der Waals surface area contributed by atoms with Gasteiger partial charge in [0.1, 0.15) is 5.56 Å². The van der Waals surface area contributed by atoms with Crippen LogP contribution in [0.25, 0.3) is 22.3 Å². The fourth-order valence-electron chi connectivity index (χ4n) is 1.96. The van der Waals surface area contributed by atoms with Crippen LogP contribution in [0.4, 0.5) is 0 Å². The van der Waals surface area contributed by atoms with Crippen molar-refractivity contribution in [2.24, 2.45) is 0 Å². The molecule has 0 amide bonds. The van der Waals surface area contributed by atoms with Crippen LogP contribution in [0, 0.1) is 10.2 Å². The first-order valence-corrected chi connectivity index (χ1v) is 7.75. The summed E-state index contributed by atoms with van der Waals surface area (Å²) in [6, 6.07) is 17.5. The molecule has 7 nitrogen and oxygen atoms in total. The Bertz CT molecular complexity index is 900. The molecule has 1 N–H and O–H groups in total. The summed E-state index contributed by atoms with van der Waals surface area (Å²) in [6.07, 6.45) is 0. The minimum absolute atomic E-state index is 0.302. The topological polar surface area (TPSA) is 141 Å². The average molecular weight is 351 g/mol. The summed E-state index contributed by atoms with van der Waals surface area (Å²) in [6.45, 7) is 0. The normalized spacial score (nSPS) is 10.8. The largest absolute Gasteiger partial charge is 0.503 e. The number of fused-ring (bicyclic) bond motifs is 1. The molecule has 0 aliphatic rings. The van der Waals surface area contributed by atoms with Crippen molar-refractivity contribution in [1.82, 2.24) is 0 Å². The molecule has 0 radical (unpaired) electrons. The van der Waals surface area contributed by atoms with Gasteiger partial charge in [-0.1, -0.05) is 24.3 Å². The van der Waals surface area contributed by atoms with E-state index in [0.29, 0.717) is 16.9 Å². The second-order valence-electron chi connectivity index (χ2n) is 4.56. The third kappa shape index (κ3) is 4.98. The number of benzene rings is 1. The highest BCUT2D eigenvalue weighted by Crippen LogP contribution is 2.28. The Morgan fingerprint density at radius 3 is 2.12 bits per heavy atom. The number of hydrogen-bond donors (Lipinski definition) is 1. The summed E-state index contributed by atoms with van der Waals surface area (Å²) in [7, 11) is -4.94. The van der Waals surface area contributed by atoms with Crippen LogP contribution in [-0.4, -0.2) is 5.11 Å². The van der Waals surface area contributed by atoms with E-state index >= 15 is 0 Å². The molecule has 0 spiro atoms. The third-order valence-corrected chi connectivity index (χ3v) is 2.93. The zero-order valence-corrected chi connectivity index (χ0v) is 12.8. The molecule has 3 rings (SSSR count). The Kier molecular flexibility index (Phi) is 5.45. The highest BCUT2D eigenvalue weighted by atomic mass is 35.7. The van der Waals surface area contributed by atoms with Gasteiger partial charge in [0.05, 0.1) is 5.39 Å². The van der Waals surface area contributed by atoms with E-state index in [0.717, 1.165) is 5.39 Å². The molecule has 124 valence electrons. The molecule has 24 heavy (non-hydrogen) atoms. The first kappa shape index (κ1) is 17.8. The van der Waals surface area contributed by atoms with Crippen LogP contribution in [0.3, 0.4) is 0 Å². The molecule has 0 atom stereocenters. The molecule has 0 aliphatic heterocycles. The highest BCUT2D eigenvalue weighted by Gasteiger charge is 2.18. The number of halogens is 1. The zero-order valence-electron chi connectivity index (χ0n) is 12.0. The van der Waals surface area contributed by atoms with Gasteiger partial charge in [-0.05, 0) is 24.3 Å². The van der Waals surface area contributed by atoms with Gasteiger partial charge in [0.15, 0.2) is 5.75 Å². The van der Waals surface area contributed by atoms with Crippen molar-refractivity contribution in [3.63, 3.8) is 0 Å². The third-order valence-electron chi connectivity index (χ3n) is 2.93. The second-order valence-corrected chi connectivity index (χ2v) is 5.32. The van der Waals surface area contributed by atoms with Gasteiger partial charge in [0, 0.05) is 12.1 Å². The quantitative estimate of drug-likeness (QED) is 0.537. The molecule has 3 aromatic rings. The molecule has 1 aromatic heterocycles. The van der Waals surface area contributed by atoms with Crippen LogP contribution >= 0.6 is 0 Å². The summed E-state index contributed by atoms with van der Waals surface area (Å²) >= 11 is 0. The van der Waals surface area contributed by atoms with E-state index in [4.69, 9.17) is 23.1 Å². The maximum absolute atomic E-state index is 11.6. The van der Waals surface area contributed by atoms with E-state index < -0.39 is 15.7 Å². The van der Waals surface area contributed by atoms with Crippen molar-refractivity contribution in [1.29, 1.82) is 0 Å². The van der Waals surface area contributed by atoms with E-state index in [1.807, 2.05) is 30.3 Å². The lowest BCUT2D eigenvalue weighted by Gasteiger charge is -2.17. The van der Waals surface area contributed by atoms with Gasteiger partial charge in [0.25, 0.3) is 0 Å². The van der Waals surface area contributed by atoms with E-state index in [-0.39, 0.29) is 5.75 Å². The van der Waals surface area contributed by atoms with Crippen LogP contribution in [-0.2, 0) is 0 Å². The molecular formula is C16H11ClO7. The van der Waals surface area contributed by atoms with Gasteiger partial charge in [0.2, 0.25) is 5.43 Å². The van der Waals surface area contributed by atoms with E-state index in [1.165, 1.54) is 6.07 Å². The van der Waals surface area contributed by atoms with Crippen LogP contribution in [0.1, 0.15) is 0 Å². The number of hydrogen-bond acceptors (Lipinski definition) is 6. The SMILES string of the molecule is O=c1ccccc(-c2ccc3ccccc3[o+]2)c1O.[O-][Cl+3]([O-])([O-])[O-]. The lowest BCUT2D eigenvalue weighted by atomic mass is 10.1. The van der Waals surface area contributed by atoms with Gasteiger partial charge in [-0.15, -0.1) is 10.2 Å². The van der Waals surface area contributed by atoms with Gasteiger partial charge in [-0.25, -0.2) is 23.1 Å². The summed E-state index contributed by atoms with van der Waals surface area (Å²) in [4.78, 5) is 11.6. The molecular weight excluding hydrogens is 340 g/mol. The Hall–Kier alpha value is -2.55. The van der Waals surface area contributed by atoms with Crippen molar-refractivity contribution in [3.05, 3.63) is 70.9 Å². The molecule has 0 bridgehead atoms. The van der Waals surface area contributed by atoms with Gasteiger partial charge >= 0.3 is 11.3 Å². The van der Waals surface area contributed by atoms with Crippen molar-refractivity contribution in [3.8, 4) is 17.1 Å². The Balaban J connectivity index is 0.000000368. The molecule has 0 fully saturated rings. The lowest BCUT2D eigenvalue weighted by Crippen LogP contribution is -2.68.